The molecule has 4 heterocycles. The number of nitrogens with zero attached hydrogens (tertiary/aromatic N) is 4. The summed E-state index contributed by atoms with van der Waals surface area (Å²) in [6, 6.07) is 4.43. The molecule has 2 fully saturated rings. The predicted molar refractivity (Wildman–Crippen MR) is 79.4 cm³/mol. The lowest BCUT2D eigenvalue weighted by molar-refractivity contribution is 0.0526. The van der Waals surface area contributed by atoms with Gasteiger partial charge in [-0.2, -0.15) is 5.10 Å². The highest BCUT2D eigenvalue weighted by Crippen LogP contribution is 2.43. The molecular weight excluding hydrogens is 280 g/mol. The largest absolute Gasteiger partial charge is 0.351 e. The molecule has 2 aliphatic heterocycles. The molecule has 0 spiro atoms. The number of hydrogen-bond donors (Lipinski definition) is 0. The van der Waals surface area contributed by atoms with Crippen LogP contribution < -0.4 is 0 Å². The number of amides is 1. The zero-order valence-electron chi connectivity index (χ0n) is 12.9. The quantitative estimate of drug-likeness (QED) is 0.853. The molecule has 2 aliphatic rings. The summed E-state index contributed by atoms with van der Waals surface area (Å²) < 4.78 is 7.13. The lowest BCUT2D eigenvalue weighted by Gasteiger charge is -2.38. The van der Waals surface area contributed by atoms with Crippen LogP contribution in [0.25, 0.3) is 0 Å². The first-order valence-corrected chi connectivity index (χ1v) is 7.87. The van der Waals surface area contributed by atoms with E-state index in [1.807, 2.05) is 29.7 Å². The van der Waals surface area contributed by atoms with Gasteiger partial charge in [-0.3, -0.25) is 9.48 Å². The highest BCUT2D eigenvalue weighted by molar-refractivity contribution is 5.92. The Hall–Kier alpha value is -2.11. The molecule has 0 saturated carbocycles. The second-order valence-electron chi connectivity index (χ2n) is 6.48. The minimum absolute atomic E-state index is 0.00319. The monoisotopic (exact) mass is 300 g/mol. The summed E-state index contributed by atoms with van der Waals surface area (Å²) in [7, 11) is 1.99. The molecule has 2 aromatic rings. The third-order valence-electron chi connectivity index (χ3n) is 5.08. The van der Waals surface area contributed by atoms with Crippen molar-refractivity contribution in [1.82, 2.24) is 19.8 Å². The molecule has 2 atom stereocenters. The van der Waals surface area contributed by atoms with Crippen molar-refractivity contribution in [2.75, 3.05) is 0 Å². The topological polar surface area (TPSA) is 64.2 Å². The Labute approximate surface area is 129 Å². The molecule has 0 aromatic carbocycles. The van der Waals surface area contributed by atoms with Gasteiger partial charge in [-0.25, -0.2) is 0 Å². The van der Waals surface area contributed by atoms with Crippen molar-refractivity contribution in [3.8, 4) is 0 Å². The maximum Gasteiger partial charge on any atom is 0.292 e. The number of aryl methyl sites for hydroxylation is 2. The van der Waals surface area contributed by atoms with Crippen LogP contribution >= 0.6 is 0 Å². The van der Waals surface area contributed by atoms with Gasteiger partial charge in [-0.15, -0.1) is 0 Å². The van der Waals surface area contributed by atoms with Gasteiger partial charge in [0.05, 0.1) is 5.69 Å². The van der Waals surface area contributed by atoms with Gasteiger partial charge < -0.3 is 9.42 Å². The molecule has 6 heteroatoms. The zero-order valence-corrected chi connectivity index (χ0v) is 12.9. The molecule has 6 nitrogen and oxygen atoms in total. The van der Waals surface area contributed by atoms with Crippen LogP contribution in [-0.2, 0) is 7.05 Å². The lowest BCUT2D eigenvalue weighted by atomic mass is 9.88. The molecule has 1 amide bonds. The Morgan fingerprint density at radius 2 is 2.05 bits per heavy atom. The third-order valence-corrected chi connectivity index (χ3v) is 5.08. The number of carbonyl (C=O) groups excluding carboxylic acids is 1. The molecule has 0 radical (unpaired) electrons. The van der Waals surface area contributed by atoms with Gasteiger partial charge in [-0.1, -0.05) is 5.16 Å². The summed E-state index contributed by atoms with van der Waals surface area (Å²) in [5.74, 6) is 0.857. The fourth-order valence-electron chi connectivity index (χ4n) is 4.13. The molecular formula is C16H20N4O2. The summed E-state index contributed by atoms with van der Waals surface area (Å²) in [6.07, 6.45) is 6.03. The lowest BCUT2D eigenvalue weighted by Crippen LogP contribution is -2.46. The first-order chi connectivity index (χ1) is 10.6. The molecule has 116 valence electrons. The molecule has 2 unspecified atom stereocenters. The number of aromatic nitrogens is 3. The number of fused-ring (bicyclic) bond motifs is 2. The van der Waals surface area contributed by atoms with Gasteiger partial charge in [0, 0.05) is 43.0 Å². The van der Waals surface area contributed by atoms with Crippen molar-refractivity contribution in [2.45, 2.75) is 50.6 Å². The highest BCUT2D eigenvalue weighted by Gasteiger charge is 2.45. The Balaban J connectivity index is 1.56. The van der Waals surface area contributed by atoms with E-state index < -0.39 is 0 Å². The number of piperidine rings is 1. The zero-order chi connectivity index (χ0) is 15.3. The Morgan fingerprint density at radius 3 is 2.59 bits per heavy atom. The van der Waals surface area contributed by atoms with Crippen LogP contribution in [0.1, 0.15) is 53.5 Å². The van der Waals surface area contributed by atoms with Crippen LogP contribution in [0.4, 0.5) is 0 Å². The van der Waals surface area contributed by atoms with Crippen molar-refractivity contribution in [2.24, 2.45) is 7.05 Å². The SMILES string of the molecule is Cc1cc(C(=O)N2C3CCC2CC(c2ccnn2C)C3)on1. The molecule has 2 bridgehead atoms. The van der Waals surface area contributed by atoms with Gasteiger partial charge >= 0.3 is 0 Å². The van der Waals surface area contributed by atoms with Crippen molar-refractivity contribution in [1.29, 1.82) is 0 Å². The first kappa shape index (κ1) is 13.5. The van der Waals surface area contributed by atoms with Crippen LogP contribution in [0.5, 0.6) is 0 Å². The van der Waals surface area contributed by atoms with E-state index in [-0.39, 0.29) is 5.91 Å². The fourth-order valence-corrected chi connectivity index (χ4v) is 4.13. The Kier molecular flexibility index (Phi) is 3.06. The van der Waals surface area contributed by atoms with Crippen LogP contribution in [0.3, 0.4) is 0 Å². The Morgan fingerprint density at radius 1 is 1.32 bits per heavy atom. The van der Waals surface area contributed by atoms with E-state index in [0.717, 1.165) is 31.4 Å². The van der Waals surface area contributed by atoms with Crippen molar-refractivity contribution < 1.29 is 9.32 Å². The fraction of sp³-hybridized carbons (Fsp3) is 0.562. The predicted octanol–water partition coefficient (Wildman–Crippen LogP) is 2.27. The smallest absolute Gasteiger partial charge is 0.292 e. The van der Waals surface area contributed by atoms with Crippen LogP contribution in [0.15, 0.2) is 22.9 Å². The van der Waals surface area contributed by atoms with E-state index in [2.05, 4.69) is 16.3 Å². The van der Waals surface area contributed by atoms with E-state index >= 15 is 0 Å². The number of hydrogen-bond acceptors (Lipinski definition) is 4. The summed E-state index contributed by atoms with van der Waals surface area (Å²) in [4.78, 5) is 14.7. The number of carbonyl (C=O) groups is 1. The molecule has 4 rings (SSSR count). The summed E-state index contributed by atoms with van der Waals surface area (Å²) >= 11 is 0. The minimum atomic E-state index is -0.00319. The van der Waals surface area contributed by atoms with E-state index in [4.69, 9.17) is 4.52 Å². The average molecular weight is 300 g/mol. The second kappa shape index (κ2) is 4.97. The average Bonchev–Trinajstić information content (AvgIpc) is 3.17. The second-order valence-corrected chi connectivity index (χ2v) is 6.48. The van der Waals surface area contributed by atoms with Crippen molar-refractivity contribution in [3.63, 3.8) is 0 Å². The summed E-state index contributed by atoms with van der Waals surface area (Å²) in [6.45, 7) is 1.84. The third kappa shape index (κ3) is 2.05. The highest BCUT2D eigenvalue weighted by atomic mass is 16.5. The molecule has 0 N–H and O–H groups in total. The normalized spacial score (nSPS) is 27.4. The minimum Gasteiger partial charge on any atom is -0.351 e. The van der Waals surface area contributed by atoms with Gasteiger partial charge in [0.25, 0.3) is 5.91 Å². The van der Waals surface area contributed by atoms with E-state index in [0.29, 0.717) is 23.8 Å². The maximum absolute atomic E-state index is 12.7. The summed E-state index contributed by atoms with van der Waals surface area (Å²) in [5.41, 5.74) is 2.03. The molecule has 0 aliphatic carbocycles. The van der Waals surface area contributed by atoms with Gasteiger partial charge in [0.1, 0.15) is 0 Å². The molecule has 2 aromatic heterocycles. The van der Waals surface area contributed by atoms with Crippen molar-refractivity contribution >= 4 is 5.91 Å². The van der Waals surface area contributed by atoms with Crippen LogP contribution in [0.2, 0.25) is 0 Å². The van der Waals surface area contributed by atoms with Crippen molar-refractivity contribution in [3.05, 3.63) is 35.5 Å². The van der Waals surface area contributed by atoms with Crippen LogP contribution in [-0.4, -0.2) is 37.8 Å². The van der Waals surface area contributed by atoms with E-state index in [1.165, 1.54) is 5.69 Å². The maximum atomic E-state index is 12.7. The van der Waals surface area contributed by atoms with Crippen LogP contribution in [0, 0.1) is 6.92 Å². The van der Waals surface area contributed by atoms with E-state index in [1.54, 1.807) is 6.07 Å². The standard InChI is InChI=1S/C16H20N4O2/c1-10-7-15(22-18-10)16(21)20-12-3-4-13(20)9-11(8-12)14-5-6-17-19(14)2/h5-7,11-13H,3-4,8-9H2,1-2H3. The molecule has 2 saturated heterocycles. The molecule has 22 heavy (non-hydrogen) atoms. The summed E-state index contributed by atoms with van der Waals surface area (Å²) in [5, 5.41) is 8.12. The van der Waals surface area contributed by atoms with Gasteiger partial charge in [0.2, 0.25) is 5.76 Å². The van der Waals surface area contributed by atoms with Gasteiger partial charge in [-0.05, 0) is 38.7 Å². The first-order valence-electron chi connectivity index (χ1n) is 7.87. The van der Waals surface area contributed by atoms with E-state index in [9.17, 15) is 4.79 Å². The van der Waals surface area contributed by atoms with Gasteiger partial charge in [0.15, 0.2) is 0 Å². The number of rotatable bonds is 2. The Bertz CT molecular complexity index is 691.